The molecule has 10 heteroatoms. The number of nitrogens with one attached hydrogen (secondary N) is 2. The summed E-state index contributed by atoms with van der Waals surface area (Å²) in [6.07, 6.45) is 0. The van der Waals surface area contributed by atoms with Gasteiger partial charge in [-0.1, -0.05) is 23.2 Å². The summed E-state index contributed by atoms with van der Waals surface area (Å²) in [7, 11) is 1.61. The van der Waals surface area contributed by atoms with Crippen LogP contribution in [0.4, 0.5) is 5.13 Å². The fourth-order valence-electron chi connectivity index (χ4n) is 2.26. The zero-order valence-electron chi connectivity index (χ0n) is 14.3. The minimum absolute atomic E-state index is 0.118. The highest BCUT2D eigenvalue weighted by Crippen LogP contribution is 2.32. The van der Waals surface area contributed by atoms with Gasteiger partial charge in [-0.05, 0) is 64.5 Å². The Morgan fingerprint density at radius 2 is 2.04 bits per heavy atom. The molecule has 0 radical (unpaired) electrons. The van der Waals surface area contributed by atoms with E-state index in [-0.39, 0.29) is 15.7 Å². The van der Waals surface area contributed by atoms with Crippen molar-refractivity contribution >= 4 is 78.8 Å². The molecule has 0 unspecified atom stereocenters. The Labute approximate surface area is 189 Å². The van der Waals surface area contributed by atoms with Crippen molar-refractivity contribution in [3.63, 3.8) is 0 Å². The van der Waals surface area contributed by atoms with Crippen LogP contribution in [-0.2, 0) is 0 Å². The van der Waals surface area contributed by atoms with Gasteiger partial charge in [0.05, 0.1) is 27.9 Å². The third-order valence-corrected chi connectivity index (χ3v) is 5.70. The van der Waals surface area contributed by atoms with Gasteiger partial charge in [0.1, 0.15) is 5.75 Å². The minimum atomic E-state index is -0.435. The van der Waals surface area contributed by atoms with Gasteiger partial charge in [-0.3, -0.25) is 10.1 Å². The molecule has 0 bridgehead atoms. The number of methoxy groups -OCH3 is 1. The number of thiazole rings is 1. The monoisotopic (exact) mass is 515 g/mol. The van der Waals surface area contributed by atoms with Crippen LogP contribution in [0.2, 0.25) is 10.0 Å². The fourth-order valence-corrected chi connectivity index (χ4v) is 4.27. The van der Waals surface area contributed by atoms with Crippen LogP contribution in [0.1, 0.15) is 10.4 Å². The number of ether oxygens (including phenoxy) is 1. The van der Waals surface area contributed by atoms with Gasteiger partial charge in [0, 0.05) is 16.0 Å². The Hall–Kier alpha value is -1.71. The molecule has 0 saturated heterocycles. The first-order valence-corrected chi connectivity index (χ1v) is 10.6. The number of thiocarbonyl (C=S) groups is 1. The Bertz CT molecular complexity index is 1060. The summed E-state index contributed by atoms with van der Waals surface area (Å²) in [5.74, 6) is 0.303. The van der Waals surface area contributed by atoms with Crippen molar-refractivity contribution in [2.45, 2.75) is 0 Å². The third-order valence-electron chi connectivity index (χ3n) is 3.58. The van der Waals surface area contributed by atoms with Crippen LogP contribution in [0, 0.1) is 0 Å². The molecule has 28 heavy (non-hydrogen) atoms. The van der Waals surface area contributed by atoms with Crippen LogP contribution in [0.3, 0.4) is 0 Å². The van der Waals surface area contributed by atoms with E-state index in [0.29, 0.717) is 10.2 Å². The predicted octanol–water partition coefficient (Wildman–Crippen LogP) is 6.01. The molecule has 0 aliphatic heterocycles. The van der Waals surface area contributed by atoms with Crippen LogP contribution in [0.15, 0.2) is 46.3 Å². The maximum atomic E-state index is 12.3. The number of carbonyl (C=O) groups is 1. The van der Waals surface area contributed by atoms with Gasteiger partial charge >= 0.3 is 0 Å². The van der Waals surface area contributed by atoms with Crippen LogP contribution < -0.4 is 15.4 Å². The van der Waals surface area contributed by atoms with Crippen molar-refractivity contribution in [3.8, 4) is 17.0 Å². The lowest BCUT2D eigenvalue weighted by Crippen LogP contribution is -2.34. The van der Waals surface area contributed by atoms with Crippen molar-refractivity contribution < 1.29 is 9.53 Å². The minimum Gasteiger partial charge on any atom is -0.496 e. The summed E-state index contributed by atoms with van der Waals surface area (Å²) in [5, 5.41) is 8.72. The molecule has 1 heterocycles. The summed E-state index contributed by atoms with van der Waals surface area (Å²) in [6.45, 7) is 0. The Kier molecular flexibility index (Phi) is 6.90. The summed E-state index contributed by atoms with van der Waals surface area (Å²) in [5.41, 5.74) is 1.96. The molecule has 144 valence electrons. The largest absolute Gasteiger partial charge is 0.496 e. The van der Waals surface area contributed by atoms with Crippen molar-refractivity contribution in [1.82, 2.24) is 10.3 Å². The smallest absolute Gasteiger partial charge is 0.258 e. The van der Waals surface area contributed by atoms with Crippen LogP contribution in [-0.4, -0.2) is 23.1 Å². The molecule has 0 saturated carbocycles. The maximum Gasteiger partial charge on any atom is 0.258 e. The van der Waals surface area contributed by atoms with Crippen molar-refractivity contribution in [2.75, 3.05) is 12.4 Å². The molecular weight excluding hydrogens is 505 g/mol. The van der Waals surface area contributed by atoms with Crippen LogP contribution in [0.25, 0.3) is 11.3 Å². The normalized spacial score (nSPS) is 10.4. The molecule has 0 spiro atoms. The number of anilines is 1. The number of amides is 1. The number of rotatable bonds is 4. The average Bonchev–Trinajstić information content (AvgIpc) is 3.09. The summed E-state index contributed by atoms with van der Waals surface area (Å²) in [6, 6.07) is 10.3. The van der Waals surface area contributed by atoms with Crippen LogP contribution in [0.5, 0.6) is 5.75 Å². The second-order valence-corrected chi connectivity index (χ2v) is 8.38. The number of hydrogen-bond acceptors (Lipinski definition) is 5. The van der Waals surface area contributed by atoms with E-state index in [4.69, 9.17) is 40.2 Å². The molecule has 0 atom stereocenters. The number of carbonyl (C=O) groups excluding carboxylic acids is 1. The second kappa shape index (κ2) is 9.19. The molecule has 2 aromatic carbocycles. The molecule has 3 aromatic rings. The lowest BCUT2D eigenvalue weighted by Gasteiger charge is -2.08. The molecule has 1 amide bonds. The SMILES string of the molecule is COc1ccc(-c2csc(NC(=S)NC(=O)c3ccc(Cl)cc3Cl)n2)cc1Br. The number of nitrogens with zero attached hydrogens (tertiary/aromatic N) is 1. The van der Waals surface area contributed by atoms with E-state index in [9.17, 15) is 4.79 Å². The van der Waals surface area contributed by atoms with E-state index >= 15 is 0 Å². The number of benzene rings is 2. The molecule has 0 aliphatic carbocycles. The highest BCUT2D eigenvalue weighted by molar-refractivity contribution is 9.10. The van der Waals surface area contributed by atoms with Crippen molar-refractivity contribution in [3.05, 3.63) is 61.9 Å². The van der Waals surface area contributed by atoms with E-state index in [1.807, 2.05) is 23.6 Å². The third kappa shape index (κ3) is 5.01. The molecule has 1 aromatic heterocycles. The summed E-state index contributed by atoms with van der Waals surface area (Å²) < 4.78 is 6.06. The Balaban J connectivity index is 1.67. The van der Waals surface area contributed by atoms with Crippen molar-refractivity contribution in [2.24, 2.45) is 0 Å². The molecular formula is C18H12BrCl2N3O2S2. The fraction of sp³-hybridized carbons (Fsp3) is 0.0556. The quantitative estimate of drug-likeness (QED) is 0.415. The topological polar surface area (TPSA) is 63.2 Å². The lowest BCUT2D eigenvalue weighted by atomic mass is 10.2. The molecule has 2 N–H and O–H groups in total. The van der Waals surface area contributed by atoms with E-state index in [0.717, 1.165) is 21.5 Å². The average molecular weight is 517 g/mol. The van der Waals surface area contributed by atoms with Gasteiger partial charge in [0.2, 0.25) is 0 Å². The Morgan fingerprint density at radius 1 is 1.25 bits per heavy atom. The molecule has 0 aliphatic rings. The van der Waals surface area contributed by atoms with Gasteiger partial charge < -0.3 is 10.1 Å². The first kappa shape index (κ1) is 21.0. The highest BCUT2D eigenvalue weighted by Gasteiger charge is 2.14. The highest BCUT2D eigenvalue weighted by atomic mass is 79.9. The summed E-state index contributed by atoms with van der Waals surface area (Å²) >= 11 is 21.9. The van der Waals surface area contributed by atoms with Crippen LogP contribution >= 0.6 is 62.7 Å². The first-order valence-electron chi connectivity index (χ1n) is 7.74. The zero-order chi connectivity index (χ0) is 20.3. The summed E-state index contributed by atoms with van der Waals surface area (Å²) in [4.78, 5) is 16.8. The molecule has 5 nitrogen and oxygen atoms in total. The first-order chi connectivity index (χ1) is 13.4. The lowest BCUT2D eigenvalue weighted by molar-refractivity contribution is 0.0978. The van der Waals surface area contributed by atoms with E-state index in [1.54, 1.807) is 13.2 Å². The van der Waals surface area contributed by atoms with Crippen molar-refractivity contribution in [1.29, 1.82) is 0 Å². The Morgan fingerprint density at radius 3 is 2.71 bits per heavy atom. The molecule has 3 rings (SSSR count). The number of hydrogen-bond donors (Lipinski definition) is 2. The molecule has 0 fully saturated rings. The van der Waals surface area contributed by atoms with Gasteiger partial charge in [-0.2, -0.15) is 0 Å². The van der Waals surface area contributed by atoms with Gasteiger partial charge in [-0.25, -0.2) is 4.98 Å². The standard InChI is InChI=1S/C18H12BrCl2N3O2S2/c1-26-15-5-2-9(6-12(15)19)14-8-28-18(22-14)24-17(27)23-16(25)11-4-3-10(20)7-13(11)21/h2-8H,1H3,(H2,22,23,24,25,27). The van der Waals surface area contributed by atoms with Gasteiger partial charge in [-0.15, -0.1) is 11.3 Å². The zero-order valence-corrected chi connectivity index (χ0v) is 19.0. The van der Waals surface area contributed by atoms with E-state index in [2.05, 4.69) is 31.5 Å². The van der Waals surface area contributed by atoms with Gasteiger partial charge in [0.15, 0.2) is 10.2 Å². The van der Waals surface area contributed by atoms with E-state index < -0.39 is 5.91 Å². The number of aromatic nitrogens is 1. The second-order valence-electron chi connectivity index (χ2n) is 5.42. The van der Waals surface area contributed by atoms with E-state index in [1.165, 1.54) is 23.5 Å². The maximum absolute atomic E-state index is 12.3. The van der Waals surface area contributed by atoms with Gasteiger partial charge in [0.25, 0.3) is 5.91 Å². The number of halogens is 3. The predicted molar refractivity (Wildman–Crippen MR) is 122 cm³/mol.